The van der Waals surface area contributed by atoms with Crippen LogP contribution in [0.3, 0.4) is 0 Å². The number of halogens is 2. The quantitative estimate of drug-likeness (QED) is 0.724. The molecule has 1 rings (SSSR count). The zero-order valence-corrected chi connectivity index (χ0v) is 12.4. The third-order valence-electron chi connectivity index (χ3n) is 2.55. The highest BCUT2D eigenvalue weighted by molar-refractivity contribution is 8.13. The third-order valence-corrected chi connectivity index (χ3v) is 4.05. The van der Waals surface area contributed by atoms with Gasteiger partial charge in [0.1, 0.15) is 0 Å². The molecule has 0 heterocycles. The topological polar surface area (TPSA) is 43.4 Å². The van der Waals surface area contributed by atoms with E-state index in [-0.39, 0.29) is 11.7 Å². The van der Waals surface area contributed by atoms with Crippen LogP contribution in [0.5, 0.6) is 0 Å². The predicted molar refractivity (Wildman–Crippen MR) is 74.5 cm³/mol. The lowest BCUT2D eigenvalue weighted by molar-refractivity contribution is 0.0919. The average Bonchev–Trinajstić information content (AvgIpc) is 2.29. The van der Waals surface area contributed by atoms with Crippen LogP contribution in [0.1, 0.15) is 18.9 Å². The Morgan fingerprint density at radius 2 is 1.89 bits per heavy atom. The number of ether oxygens (including phenoxy) is 1. The highest BCUT2D eigenvalue weighted by Crippen LogP contribution is 2.13. The van der Waals surface area contributed by atoms with E-state index in [0.717, 1.165) is 5.56 Å². The fourth-order valence-corrected chi connectivity index (χ4v) is 3.04. The van der Waals surface area contributed by atoms with Crippen LogP contribution in [0.4, 0.5) is 0 Å². The van der Waals surface area contributed by atoms with Gasteiger partial charge < -0.3 is 4.74 Å². The molecule has 0 bridgehead atoms. The van der Waals surface area contributed by atoms with Crippen molar-refractivity contribution in [2.75, 3.05) is 12.4 Å². The molecule has 0 fully saturated rings. The van der Waals surface area contributed by atoms with Crippen LogP contribution in [0.15, 0.2) is 24.3 Å². The molecule has 0 saturated carbocycles. The summed E-state index contributed by atoms with van der Waals surface area (Å²) >= 11 is 5.77. The minimum absolute atomic E-state index is 0.0499. The molecule has 1 atom stereocenters. The molecule has 0 aromatic heterocycles. The summed E-state index contributed by atoms with van der Waals surface area (Å²) in [6.07, 6.45) is 0.715. The fraction of sp³-hybridized carbons (Fsp3) is 0.500. The molecule has 1 aromatic carbocycles. The normalized spacial score (nSPS) is 13.5. The lowest BCUT2D eigenvalue weighted by atomic mass is 10.1. The second-order valence-corrected chi connectivity index (χ2v) is 7.38. The molecule has 1 aromatic rings. The maximum atomic E-state index is 11.0. The van der Waals surface area contributed by atoms with Crippen molar-refractivity contribution in [3.8, 4) is 0 Å². The SMILES string of the molecule is CCC(COCc1ccc(Cl)cc1)CS(=O)(=O)Cl. The maximum Gasteiger partial charge on any atom is 0.232 e. The Morgan fingerprint density at radius 3 is 2.39 bits per heavy atom. The van der Waals surface area contributed by atoms with Crippen LogP contribution in [0.25, 0.3) is 0 Å². The Kier molecular flexibility index (Phi) is 6.43. The van der Waals surface area contributed by atoms with Gasteiger partial charge >= 0.3 is 0 Å². The van der Waals surface area contributed by atoms with Gasteiger partial charge in [0.25, 0.3) is 0 Å². The van der Waals surface area contributed by atoms with Gasteiger partial charge in [-0.05, 0) is 23.6 Å². The predicted octanol–water partition coefficient (Wildman–Crippen LogP) is 3.45. The van der Waals surface area contributed by atoms with Crippen LogP contribution in [-0.4, -0.2) is 20.8 Å². The van der Waals surface area contributed by atoms with Crippen LogP contribution in [-0.2, 0) is 20.4 Å². The van der Waals surface area contributed by atoms with E-state index < -0.39 is 9.05 Å². The van der Waals surface area contributed by atoms with Gasteiger partial charge in [-0.3, -0.25) is 0 Å². The fourth-order valence-electron chi connectivity index (χ4n) is 1.49. The average molecular weight is 311 g/mol. The Bertz CT molecular complexity index is 457. The van der Waals surface area contributed by atoms with Gasteiger partial charge in [-0.25, -0.2) is 8.42 Å². The van der Waals surface area contributed by atoms with Crippen LogP contribution in [0, 0.1) is 5.92 Å². The lowest BCUT2D eigenvalue weighted by Crippen LogP contribution is -2.17. The molecule has 0 aliphatic rings. The summed E-state index contributed by atoms with van der Waals surface area (Å²) in [5, 5.41) is 0.679. The monoisotopic (exact) mass is 310 g/mol. The zero-order chi connectivity index (χ0) is 13.6. The molecule has 0 amide bonds. The summed E-state index contributed by atoms with van der Waals surface area (Å²) in [5.74, 6) is -0.120. The van der Waals surface area contributed by atoms with Crippen molar-refractivity contribution in [3.05, 3.63) is 34.9 Å². The lowest BCUT2D eigenvalue weighted by Gasteiger charge is -2.13. The van der Waals surface area contributed by atoms with E-state index in [2.05, 4.69) is 0 Å². The smallest absolute Gasteiger partial charge is 0.232 e. The molecule has 3 nitrogen and oxygen atoms in total. The number of benzene rings is 1. The second-order valence-electron chi connectivity index (χ2n) is 4.12. The molecular formula is C12H16Cl2O3S. The number of rotatable bonds is 7. The molecule has 1 unspecified atom stereocenters. The Balaban J connectivity index is 2.38. The molecular weight excluding hydrogens is 295 g/mol. The van der Waals surface area contributed by atoms with Crippen molar-refractivity contribution >= 4 is 31.3 Å². The van der Waals surface area contributed by atoms with Gasteiger partial charge in [-0.15, -0.1) is 0 Å². The summed E-state index contributed by atoms with van der Waals surface area (Å²) in [7, 11) is 1.76. The number of hydrogen-bond donors (Lipinski definition) is 0. The molecule has 6 heteroatoms. The van der Waals surface area contributed by atoms with Gasteiger partial charge in [0.05, 0.1) is 19.0 Å². The van der Waals surface area contributed by atoms with E-state index >= 15 is 0 Å². The maximum absolute atomic E-state index is 11.0. The summed E-state index contributed by atoms with van der Waals surface area (Å²) in [6.45, 7) is 2.74. The molecule has 18 heavy (non-hydrogen) atoms. The van der Waals surface area contributed by atoms with Gasteiger partial charge in [0.15, 0.2) is 0 Å². The molecule has 0 aliphatic heterocycles. The van der Waals surface area contributed by atoms with Crippen LogP contribution < -0.4 is 0 Å². The Labute approximate surface area is 117 Å². The Hall–Kier alpha value is -0.290. The molecule has 102 valence electrons. The summed E-state index contributed by atoms with van der Waals surface area (Å²) in [5.41, 5.74) is 1.00. The van der Waals surface area contributed by atoms with Crippen LogP contribution >= 0.6 is 22.3 Å². The minimum atomic E-state index is -3.46. The van der Waals surface area contributed by atoms with Crippen LogP contribution in [0.2, 0.25) is 5.02 Å². The van der Waals surface area contributed by atoms with E-state index in [4.69, 9.17) is 27.0 Å². The Morgan fingerprint density at radius 1 is 1.28 bits per heavy atom. The molecule has 0 radical (unpaired) electrons. The highest BCUT2D eigenvalue weighted by atomic mass is 35.7. The zero-order valence-electron chi connectivity index (χ0n) is 10.1. The number of hydrogen-bond acceptors (Lipinski definition) is 3. The first-order valence-corrected chi connectivity index (χ1v) is 8.51. The van der Waals surface area contributed by atoms with Crippen molar-refractivity contribution in [3.63, 3.8) is 0 Å². The van der Waals surface area contributed by atoms with Crippen molar-refractivity contribution in [2.45, 2.75) is 20.0 Å². The van der Waals surface area contributed by atoms with Gasteiger partial charge in [0.2, 0.25) is 9.05 Å². The molecule has 0 spiro atoms. The van der Waals surface area contributed by atoms with E-state index in [1.807, 2.05) is 19.1 Å². The third kappa shape index (κ3) is 6.59. The second kappa shape index (κ2) is 7.34. The van der Waals surface area contributed by atoms with Crippen molar-refractivity contribution in [1.29, 1.82) is 0 Å². The summed E-state index contributed by atoms with van der Waals surface area (Å²) in [6, 6.07) is 7.34. The molecule has 0 N–H and O–H groups in total. The first kappa shape index (κ1) is 15.8. The summed E-state index contributed by atoms with van der Waals surface area (Å²) in [4.78, 5) is 0. The van der Waals surface area contributed by atoms with Gasteiger partial charge in [-0.2, -0.15) is 0 Å². The summed E-state index contributed by atoms with van der Waals surface area (Å²) < 4.78 is 27.4. The van der Waals surface area contributed by atoms with Gasteiger partial charge in [-0.1, -0.05) is 37.1 Å². The van der Waals surface area contributed by atoms with E-state index in [9.17, 15) is 8.42 Å². The minimum Gasteiger partial charge on any atom is -0.376 e. The van der Waals surface area contributed by atoms with Gasteiger partial charge in [0, 0.05) is 15.7 Å². The van der Waals surface area contributed by atoms with Crippen molar-refractivity contribution in [1.82, 2.24) is 0 Å². The van der Waals surface area contributed by atoms with Crippen molar-refractivity contribution < 1.29 is 13.2 Å². The highest BCUT2D eigenvalue weighted by Gasteiger charge is 2.15. The first-order valence-electron chi connectivity index (χ1n) is 5.65. The van der Waals surface area contributed by atoms with E-state index in [1.165, 1.54) is 0 Å². The molecule has 0 saturated heterocycles. The van der Waals surface area contributed by atoms with Crippen molar-refractivity contribution in [2.24, 2.45) is 5.92 Å². The molecule has 0 aliphatic carbocycles. The standard InChI is InChI=1S/C12H16Cl2O3S/c1-2-10(9-18(14,15)16)7-17-8-11-3-5-12(13)6-4-11/h3-6,10H,2,7-9H2,1H3. The van der Waals surface area contributed by atoms with E-state index in [0.29, 0.717) is 24.7 Å². The largest absolute Gasteiger partial charge is 0.376 e. The van der Waals surface area contributed by atoms with E-state index in [1.54, 1.807) is 12.1 Å². The first-order chi connectivity index (χ1) is 8.40.